The lowest BCUT2D eigenvalue weighted by Crippen LogP contribution is -2.56. The lowest BCUT2D eigenvalue weighted by Gasteiger charge is -2.46. The zero-order chi connectivity index (χ0) is 24.5. The monoisotopic (exact) mass is 477 g/mol. The molecule has 0 fully saturated rings. The van der Waals surface area contributed by atoms with E-state index in [9.17, 15) is 18.0 Å². The van der Waals surface area contributed by atoms with Crippen LogP contribution in [0.2, 0.25) is 0 Å². The van der Waals surface area contributed by atoms with Crippen molar-refractivity contribution in [2.45, 2.75) is 26.4 Å². The van der Waals surface area contributed by atoms with Crippen molar-refractivity contribution >= 4 is 33.2 Å². The van der Waals surface area contributed by atoms with Crippen LogP contribution >= 0.6 is 0 Å². The van der Waals surface area contributed by atoms with Crippen LogP contribution in [0.15, 0.2) is 78.9 Å². The highest BCUT2D eigenvalue weighted by atomic mass is 32.2. The standard InChI is InChI=1S/C26H27N3O4S/c1-26(2)17-20-16-19(23(30)28-34(3,32)33)14-15-22(20)27-25(26)29(21-12-8-5-9-13-21)24(31)18-10-6-4-7-11-18/h4-16,25,27H,17H2,1-3H3,(H,28,30). The number of carbonyl (C=O) groups excluding carboxylic acids is 2. The molecule has 2 N–H and O–H groups in total. The van der Waals surface area contributed by atoms with Crippen LogP contribution in [-0.2, 0) is 16.4 Å². The summed E-state index contributed by atoms with van der Waals surface area (Å²) >= 11 is 0. The van der Waals surface area contributed by atoms with E-state index < -0.39 is 21.3 Å². The molecule has 1 heterocycles. The van der Waals surface area contributed by atoms with Crippen molar-refractivity contribution in [1.29, 1.82) is 0 Å². The smallest absolute Gasteiger partial charge is 0.264 e. The molecule has 1 aliphatic rings. The Hall–Kier alpha value is -3.65. The number of nitrogens with zero attached hydrogens (tertiary/aromatic N) is 1. The van der Waals surface area contributed by atoms with Crippen LogP contribution in [0.25, 0.3) is 0 Å². The second-order valence-corrected chi connectivity index (χ2v) is 10.9. The zero-order valence-corrected chi connectivity index (χ0v) is 20.1. The molecular formula is C26H27N3O4S. The molecule has 1 aliphatic heterocycles. The van der Waals surface area contributed by atoms with Gasteiger partial charge in [0.15, 0.2) is 0 Å². The highest BCUT2D eigenvalue weighted by Crippen LogP contribution is 2.40. The summed E-state index contributed by atoms with van der Waals surface area (Å²) in [5.41, 5.74) is 2.88. The van der Waals surface area contributed by atoms with Gasteiger partial charge in [-0.05, 0) is 54.4 Å². The predicted molar refractivity (Wildman–Crippen MR) is 133 cm³/mol. The second kappa shape index (κ2) is 8.95. The summed E-state index contributed by atoms with van der Waals surface area (Å²) in [5, 5.41) is 3.51. The van der Waals surface area contributed by atoms with E-state index in [0.29, 0.717) is 12.0 Å². The molecule has 0 saturated carbocycles. The van der Waals surface area contributed by atoms with Crippen LogP contribution in [0.3, 0.4) is 0 Å². The lowest BCUT2D eigenvalue weighted by molar-refractivity contribution is 0.0954. The number of nitrogens with one attached hydrogen (secondary N) is 2. The summed E-state index contributed by atoms with van der Waals surface area (Å²) in [6.07, 6.45) is 1.15. The molecular weight excluding hydrogens is 450 g/mol. The van der Waals surface area contributed by atoms with E-state index in [1.54, 1.807) is 35.2 Å². The van der Waals surface area contributed by atoms with Crippen LogP contribution in [0, 0.1) is 5.41 Å². The number of hydrogen-bond donors (Lipinski definition) is 2. The Kier molecular flexibility index (Phi) is 6.18. The third-order valence-electron chi connectivity index (χ3n) is 5.86. The van der Waals surface area contributed by atoms with Gasteiger partial charge in [0.25, 0.3) is 11.8 Å². The Bertz CT molecular complexity index is 1320. The number of fused-ring (bicyclic) bond motifs is 1. The summed E-state index contributed by atoms with van der Waals surface area (Å²) in [7, 11) is -3.66. The Morgan fingerprint density at radius 1 is 0.941 bits per heavy atom. The van der Waals surface area contributed by atoms with E-state index in [0.717, 1.165) is 23.2 Å². The van der Waals surface area contributed by atoms with E-state index in [-0.39, 0.29) is 17.6 Å². The molecule has 0 aliphatic carbocycles. The molecule has 34 heavy (non-hydrogen) atoms. The van der Waals surface area contributed by atoms with Gasteiger partial charge in [0.05, 0.1) is 6.26 Å². The van der Waals surface area contributed by atoms with Crippen molar-refractivity contribution in [3.8, 4) is 0 Å². The number of rotatable bonds is 5. The number of hydrogen-bond acceptors (Lipinski definition) is 5. The minimum atomic E-state index is -3.66. The van der Waals surface area contributed by atoms with Crippen molar-refractivity contribution < 1.29 is 18.0 Å². The summed E-state index contributed by atoms with van der Waals surface area (Å²) in [5.74, 6) is -0.791. The van der Waals surface area contributed by atoms with Gasteiger partial charge in [-0.15, -0.1) is 0 Å². The number of para-hydroxylation sites is 1. The van der Waals surface area contributed by atoms with Gasteiger partial charge in [0.2, 0.25) is 10.0 Å². The first-order valence-electron chi connectivity index (χ1n) is 10.9. The van der Waals surface area contributed by atoms with Gasteiger partial charge in [0.1, 0.15) is 6.17 Å². The Balaban J connectivity index is 1.72. The van der Waals surface area contributed by atoms with Crippen molar-refractivity contribution in [1.82, 2.24) is 4.72 Å². The highest BCUT2D eigenvalue weighted by Gasteiger charge is 2.41. The molecule has 3 aromatic rings. The van der Waals surface area contributed by atoms with E-state index in [1.807, 2.05) is 53.3 Å². The number of amides is 2. The molecule has 176 valence electrons. The summed E-state index contributed by atoms with van der Waals surface area (Å²) in [4.78, 5) is 27.8. The van der Waals surface area contributed by atoms with Crippen LogP contribution in [0.4, 0.5) is 11.4 Å². The average molecular weight is 478 g/mol. The number of benzene rings is 3. The van der Waals surface area contributed by atoms with E-state index in [4.69, 9.17) is 0 Å². The largest absolute Gasteiger partial charge is 0.364 e. The summed E-state index contributed by atoms with van der Waals surface area (Å²) in [6, 6.07) is 23.7. The highest BCUT2D eigenvalue weighted by molar-refractivity contribution is 7.89. The van der Waals surface area contributed by atoms with Gasteiger partial charge in [-0.2, -0.15) is 0 Å². The van der Waals surface area contributed by atoms with Crippen molar-refractivity contribution in [3.63, 3.8) is 0 Å². The first kappa shape index (κ1) is 23.5. The summed E-state index contributed by atoms with van der Waals surface area (Å²) in [6.45, 7) is 4.12. The molecule has 0 saturated heterocycles. The fourth-order valence-electron chi connectivity index (χ4n) is 4.29. The van der Waals surface area contributed by atoms with Crippen molar-refractivity contribution in [2.24, 2.45) is 5.41 Å². The molecule has 7 nitrogen and oxygen atoms in total. The fourth-order valence-corrected chi connectivity index (χ4v) is 4.74. The van der Waals surface area contributed by atoms with Gasteiger partial charge < -0.3 is 5.32 Å². The van der Waals surface area contributed by atoms with Gasteiger partial charge in [-0.25, -0.2) is 13.1 Å². The normalized spacial score (nSPS) is 16.6. The first-order valence-corrected chi connectivity index (χ1v) is 12.8. The minimum absolute atomic E-state index is 0.120. The Morgan fingerprint density at radius 3 is 2.18 bits per heavy atom. The molecule has 0 spiro atoms. The predicted octanol–water partition coefficient (Wildman–Crippen LogP) is 4.04. The van der Waals surface area contributed by atoms with Crippen LogP contribution < -0.4 is 14.9 Å². The number of anilines is 2. The third kappa shape index (κ3) is 4.97. The molecule has 1 unspecified atom stereocenters. The maximum absolute atomic E-state index is 13.7. The first-order chi connectivity index (χ1) is 16.0. The third-order valence-corrected chi connectivity index (χ3v) is 6.41. The SMILES string of the molecule is CC1(C)Cc2cc(C(=O)NS(C)(=O)=O)ccc2NC1N(C(=O)c1ccccc1)c1ccccc1. The van der Waals surface area contributed by atoms with Gasteiger partial charge in [-0.3, -0.25) is 14.5 Å². The maximum Gasteiger partial charge on any atom is 0.264 e. The van der Waals surface area contributed by atoms with Gasteiger partial charge >= 0.3 is 0 Å². The fraction of sp³-hybridized carbons (Fsp3) is 0.231. The maximum atomic E-state index is 13.7. The quantitative estimate of drug-likeness (QED) is 0.578. The summed E-state index contributed by atoms with van der Waals surface area (Å²) < 4.78 is 24.9. The molecule has 1 atom stereocenters. The molecule has 8 heteroatoms. The lowest BCUT2D eigenvalue weighted by atomic mass is 9.77. The number of carbonyl (C=O) groups is 2. The molecule has 0 aromatic heterocycles. The van der Waals surface area contributed by atoms with E-state index in [2.05, 4.69) is 19.2 Å². The molecule has 3 aromatic carbocycles. The van der Waals surface area contributed by atoms with E-state index >= 15 is 0 Å². The van der Waals surface area contributed by atoms with Crippen LogP contribution in [0.5, 0.6) is 0 Å². The molecule has 4 rings (SSSR count). The van der Waals surface area contributed by atoms with Crippen molar-refractivity contribution in [3.05, 3.63) is 95.6 Å². The Labute approximate surface area is 199 Å². The van der Waals surface area contributed by atoms with Crippen LogP contribution in [-0.4, -0.2) is 32.7 Å². The van der Waals surface area contributed by atoms with Gasteiger partial charge in [-0.1, -0.05) is 50.2 Å². The second-order valence-electron chi connectivity index (χ2n) is 9.16. The minimum Gasteiger partial charge on any atom is -0.364 e. The molecule has 0 bridgehead atoms. The molecule has 2 amide bonds. The average Bonchev–Trinajstić information content (AvgIpc) is 2.79. The molecule has 0 radical (unpaired) electrons. The van der Waals surface area contributed by atoms with Crippen LogP contribution in [0.1, 0.15) is 40.1 Å². The number of sulfonamides is 1. The zero-order valence-electron chi connectivity index (χ0n) is 19.3. The topological polar surface area (TPSA) is 95.6 Å². The van der Waals surface area contributed by atoms with Crippen molar-refractivity contribution in [2.75, 3.05) is 16.5 Å². The Morgan fingerprint density at radius 2 is 1.56 bits per heavy atom. The van der Waals surface area contributed by atoms with Gasteiger partial charge in [0, 0.05) is 27.9 Å². The van der Waals surface area contributed by atoms with E-state index in [1.165, 1.54) is 0 Å².